The van der Waals surface area contributed by atoms with Crippen LogP contribution in [-0.2, 0) is 18.4 Å². The summed E-state index contributed by atoms with van der Waals surface area (Å²) in [5, 5.41) is 14.0. The second-order valence-corrected chi connectivity index (χ2v) is 25.3. The molecule has 0 aromatic carbocycles. The van der Waals surface area contributed by atoms with Crippen LogP contribution in [0.15, 0.2) is 12.2 Å². The van der Waals surface area contributed by atoms with Crippen LogP contribution in [0.1, 0.15) is 341 Å². The number of nitrogens with one attached hydrogen (secondary N) is 1. The molecule has 0 fully saturated rings. The number of carbonyl (C=O) groups is 1. The predicted octanol–water partition coefficient (Wildman–Crippen LogP) is 20.2. The van der Waals surface area contributed by atoms with Gasteiger partial charge in [-0.1, -0.05) is 328 Å². The molecule has 3 unspecified atom stereocenters. The number of phosphoric ester groups is 1. The first-order chi connectivity index (χ1) is 35.5. The van der Waals surface area contributed by atoms with Crippen LogP contribution in [0.3, 0.4) is 0 Å². The third-order valence-electron chi connectivity index (χ3n) is 15.3. The van der Waals surface area contributed by atoms with Gasteiger partial charge in [-0.2, -0.15) is 0 Å². The molecule has 436 valence electrons. The molecule has 3 N–H and O–H groups in total. The zero-order valence-electron chi connectivity index (χ0n) is 49.9. The van der Waals surface area contributed by atoms with Crippen molar-refractivity contribution in [3.05, 3.63) is 12.2 Å². The fraction of sp³-hybridized carbons (Fsp3) is 0.953. The van der Waals surface area contributed by atoms with Gasteiger partial charge in [-0.05, 0) is 19.3 Å². The largest absolute Gasteiger partial charge is 0.472 e. The van der Waals surface area contributed by atoms with Crippen LogP contribution in [0.2, 0.25) is 0 Å². The van der Waals surface area contributed by atoms with Crippen LogP contribution in [0.25, 0.3) is 0 Å². The van der Waals surface area contributed by atoms with Crippen LogP contribution in [-0.4, -0.2) is 73.4 Å². The maximum absolute atomic E-state index is 13.0. The highest BCUT2D eigenvalue weighted by Crippen LogP contribution is 2.43. The summed E-state index contributed by atoms with van der Waals surface area (Å²) in [5.41, 5.74) is 0. The minimum Gasteiger partial charge on any atom is -0.387 e. The first-order valence-electron chi connectivity index (χ1n) is 32.6. The molecular formula is C64H130N2O6P+. The fourth-order valence-electron chi connectivity index (χ4n) is 10.2. The highest BCUT2D eigenvalue weighted by Gasteiger charge is 2.28. The smallest absolute Gasteiger partial charge is 0.387 e. The zero-order chi connectivity index (χ0) is 53.5. The summed E-state index contributed by atoms with van der Waals surface area (Å²) in [4.78, 5) is 23.4. The second kappa shape index (κ2) is 56.0. The molecule has 0 bridgehead atoms. The number of carbonyl (C=O) groups excluding carboxylic acids is 1. The minimum atomic E-state index is -4.35. The Morgan fingerprint density at radius 2 is 0.726 bits per heavy atom. The molecule has 0 aliphatic rings. The Labute approximate surface area is 456 Å². The van der Waals surface area contributed by atoms with E-state index in [9.17, 15) is 19.4 Å². The molecule has 8 nitrogen and oxygen atoms in total. The van der Waals surface area contributed by atoms with E-state index in [2.05, 4.69) is 19.2 Å². The molecule has 73 heavy (non-hydrogen) atoms. The van der Waals surface area contributed by atoms with Gasteiger partial charge >= 0.3 is 7.82 Å². The number of aliphatic hydroxyl groups is 1. The molecule has 0 aliphatic carbocycles. The van der Waals surface area contributed by atoms with Crippen molar-refractivity contribution < 1.29 is 32.9 Å². The predicted molar refractivity (Wildman–Crippen MR) is 319 cm³/mol. The number of likely N-dealkylation sites (N-methyl/N-ethyl adjacent to an activating group) is 1. The third kappa shape index (κ3) is 58.8. The lowest BCUT2D eigenvalue weighted by Crippen LogP contribution is -2.45. The average Bonchev–Trinajstić information content (AvgIpc) is 3.35. The van der Waals surface area contributed by atoms with Gasteiger partial charge in [0.25, 0.3) is 0 Å². The van der Waals surface area contributed by atoms with E-state index in [1.807, 2.05) is 27.2 Å². The van der Waals surface area contributed by atoms with Crippen molar-refractivity contribution in [2.45, 2.75) is 353 Å². The van der Waals surface area contributed by atoms with E-state index in [1.165, 1.54) is 289 Å². The van der Waals surface area contributed by atoms with Gasteiger partial charge in [0, 0.05) is 6.42 Å². The summed E-state index contributed by atoms with van der Waals surface area (Å²) in [7, 11) is 1.59. The van der Waals surface area contributed by atoms with E-state index in [0.29, 0.717) is 17.4 Å². The molecule has 9 heteroatoms. The van der Waals surface area contributed by atoms with Gasteiger partial charge in [0.15, 0.2) is 0 Å². The van der Waals surface area contributed by atoms with E-state index in [0.717, 1.165) is 32.1 Å². The highest BCUT2D eigenvalue weighted by atomic mass is 31.2. The maximum Gasteiger partial charge on any atom is 0.472 e. The molecule has 0 aliphatic heterocycles. The Kier molecular flexibility index (Phi) is 55.4. The number of rotatable bonds is 61. The standard InChI is InChI=1S/C64H129N2O6P/c1-6-8-10-12-14-16-18-20-22-24-26-28-29-30-31-32-33-34-35-36-37-38-40-42-44-46-48-50-52-54-56-58-64(68)65-62(61-72-73(69,70)71-60-59-66(3,4)5)63(67)57-55-53-51-49-47-45-43-41-39-27-25-23-21-19-17-15-13-11-9-7-2/h55,57,62-63,67H,6-54,56,58-61H2,1-5H3,(H-,65,68,69,70)/p+1/b57-55+. The number of aliphatic hydroxyl groups excluding tert-OH is 1. The Morgan fingerprint density at radius 1 is 0.452 bits per heavy atom. The normalized spacial score (nSPS) is 13.8. The van der Waals surface area contributed by atoms with E-state index in [4.69, 9.17) is 9.05 Å². The molecule has 0 rings (SSSR count). The zero-order valence-corrected chi connectivity index (χ0v) is 50.8. The number of unbranched alkanes of at least 4 members (excludes halogenated alkanes) is 48. The van der Waals surface area contributed by atoms with Gasteiger partial charge in [-0.15, -0.1) is 0 Å². The summed E-state index contributed by atoms with van der Waals surface area (Å²) in [5.74, 6) is -0.168. The van der Waals surface area contributed by atoms with Gasteiger partial charge in [0.1, 0.15) is 13.2 Å². The van der Waals surface area contributed by atoms with Crippen molar-refractivity contribution in [1.29, 1.82) is 0 Å². The van der Waals surface area contributed by atoms with E-state index < -0.39 is 20.0 Å². The Hall–Kier alpha value is -0.760. The molecule has 3 atom stereocenters. The monoisotopic (exact) mass is 1050 g/mol. The van der Waals surface area contributed by atoms with Crippen molar-refractivity contribution in [2.24, 2.45) is 0 Å². The Bertz CT molecular complexity index is 1200. The number of quaternary nitrogens is 1. The molecule has 0 spiro atoms. The van der Waals surface area contributed by atoms with Crippen LogP contribution in [0.5, 0.6) is 0 Å². The number of nitrogens with zero attached hydrogens (tertiary/aromatic N) is 1. The lowest BCUT2D eigenvalue weighted by Gasteiger charge is -2.25. The SMILES string of the molecule is CCCCCCCCCCCCCCCCCCCC/C=C/C(O)C(COP(=O)(O)OCC[N+](C)(C)C)NC(=O)CCCCCCCCCCCCCCCCCCCCCCCCCCCCCCCCC. The second-order valence-electron chi connectivity index (χ2n) is 23.9. The highest BCUT2D eigenvalue weighted by molar-refractivity contribution is 7.47. The van der Waals surface area contributed by atoms with E-state index in [-0.39, 0.29) is 19.1 Å². The van der Waals surface area contributed by atoms with Gasteiger partial charge in [-0.3, -0.25) is 13.8 Å². The number of hydrogen-bond donors (Lipinski definition) is 3. The summed E-state index contributed by atoms with van der Waals surface area (Å²) >= 11 is 0. The van der Waals surface area contributed by atoms with Crippen LogP contribution in [0, 0.1) is 0 Å². The molecule has 0 radical (unpaired) electrons. The lowest BCUT2D eigenvalue weighted by molar-refractivity contribution is -0.870. The molecule has 0 aromatic rings. The van der Waals surface area contributed by atoms with Crippen molar-refractivity contribution >= 4 is 13.7 Å². The van der Waals surface area contributed by atoms with Crippen LogP contribution >= 0.6 is 7.82 Å². The number of phosphoric acid groups is 1. The molecule has 1 amide bonds. The topological polar surface area (TPSA) is 105 Å². The van der Waals surface area contributed by atoms with Crippen molar-refractivity contribution in [2.75, 3.05) is 40.9 Å². The molecule has 0 heterocycles. The molecular weight excluding hydrogens is 924 g/mol. The molecule has 0 saturated carbocycles. The van der Waals surface area contributed by atoms with Gasteiger partial charge in [0.05, 0.1) is 39.9 Å². The summed E-state index contributed by atoms with van der Waals surface area (Å²) < 4.78 is 23.8. The number of amides is 1. The Balaban J connectivity index is 4.03. The van der Waals surface area contributed by atoms with Crippen LogP contribution < -0.4 is 5.32 Å². The fourth-order valence-corrected chi connectivity index (χ4v) is 10.9. The average molecular weight is 1050 g/mol. The summed E-state index contributed by atoms with van der Waals surface area (Å²) in [6, 6.07) is -0.843. The number of allylic oxidation sites excluding steroid dienone is 1. The minimum absolute atomic E-state index is 0.0653. The quantitative estimate of drug-likeness (QED) is 0.0243. The van der Waals surface area contributed by atoms with E-state index in [1.54, 1.807) is 6.08 Å². The van der Waals surface area contributed by atoms with Crippen molar-refractivity contribution in [1.82, 2.24) is 5.32 Å². The van der Waals surface area contributed by atoms with Crippen molar-refractivity contribution in [3.8, 4) is 0 Å². The van der Waals surface area contributed by atoms with Gasteiger partial charge in [-0.25, -0.2) is 4.57 Å². The van der Waals surface area contributed by atoms with E-state index >= 15 is 0 Å². The van der Waals surface area contributed by atoms with Crippen LogP contribution in [0.4, 0.5) is 0 Å². The lowest BCUT2D eigenvalue weighted by atomic mass is 10.0. The van der Waals surface area contributed by atoms with Gasteiger partial charge < -0.3 is 19.8 Å². The first-order valence-corrected chi connectivity index (χ1v) is 34.1. The van der Waals surface area contributed by atoms with Gasteiger partial charge in [0.2, 0.25) is 5.91 Å². The summed E-state index contributed by atoms with van der Waals surface area (Å²) in [6.07, 6.45) is 70.6. The van der Waals surface area contributed by atoms with Crippen molar-refractivity contribution in [3.63, 3.8) is 0 Å². The number of hydrogen-bond acceptors (Lipinski definition) is 5. The Morgan fingerprint density at radius 3 is 1.01 bits per heavy atom. The summed E-state index contributed by atoms with van der Waals surface area (Å²) in [6.45, 7) is 4.88. The third-order valence-corrected chi connectivity index (χ3v) is 16.2. The molecule has 0 saturated heterocycles. The first kappa shape index (κ1) is 72.2. The molecule has 0 aromatic heterocycles. The maximum atomic E-state index is 13.0.